The molecule has 1 fully saturated rings. The summed E-state index contributed by atoms with van der Waals surface area (Å²) in [6.07, 6.45) is 0.212. The van der Waals surface area contributed by atoms with Crippen LogP contribution in [0.1, 0.15) is 29.6 Å². The van der Waals surface area contributed by atoms with E-state index in [2.05, 4.69) is 0 Å². The van der Waals surface area contributed by atoms with Gasteiger partial charge in [-0.05, 0) is 23.3 Å². The second-order valence-corrected chi connectivity index (χ2v) is 5.12. The summed E-state index contributed by atoms with van der Waals surface area (Å²) >= 11 is 5.89. The van der Waals surface area contributed by atoms with E-state index in [-0.39, 0.29) is 18.0 Å². The predicted molar refractivity (Wildman–Crippen MR) is 74.1 cm³/mol. The van der Waals surface area contributed by atoms with Crippen LogP contribution in [0.2, 0.25) is 5.02 Å². The number of carbonyl (C=O) groups is 1. The summed E-state index contributed by atoms with van der Waals surface area (Å²) in [6, 6.07) is 17.5. The average Bonchev–Trinajstić information content (AvgIpc) is 2.83. The monoisotopic (exact) mass is 272 g/mol. The van der Waals surface area contributed by atoms with Gasteiger partial charge in [0.05, 0.1) is 6.42 Å². The number of rotatable bonds is 2. The molecule has 2 atom stereocenters. The average molecular weight is 273 g/mol. The number of esters is 1. The zero-order chi connectivity index (χ0) is 13.2. The van der Waals surface area contributed by atoms with E-state index < -0.39 is 0 Å². The Morgan fingerprint density at radius 3 is 2.32 bits per heavy atom. The number of hydrogen-bond acceptors (Lipinski definition) is 2. The van der Waals surface area contributed by atoms with Crippen LogP contribution in [0, 0.1) is 0 Å². The maximum Gasteiger partial charge on any atom is 0.307 e. The van der Waals surface area contributed by atoms with E-state index in [1.54, 1.807) is 0 Å². The van der Waals surface area contributed by atoms with Crippen molar-refractivity contribution < 1.29 is 9.53 Å². The molecule has 0 aromatic heterocycles. The molecule has 2 nitrogen and oxygen atoms in total. The summed E-state index contributed by atoms with van der Waals surface area (Å²) < 4.78 is 5.47. The molecule has 0 amide bonds. The quantitative estimate of drug-likeness (QED) is 0.769. The van der Waals surface area contributed by atoms with Crippen molar-refractivity contribution in [1.29, 1.82) is 0 Å². The Morgan fingerprint density at radius 2 is 1.63 bits per heavy atom. The molecular weight excluding hydrogens is 260 g/mol. The van der Waals surface area contributed by atoms with Gasteiger partial charge in [0, 0.05) is 10.9 Å². The van der Waals surface area contributed by atoms with Crippen LogP contribution in [0.3, 0.4) is 0 Å². The lowest BCUT2D eigenvalue weighted by Crippen LogP contribution is -2.06. The van der Waals surface area contributed by atoms with Crippen molar-refractivity contribution in [3.05, 3.63) is 70.7 Å². The van der Waals surface area contributed by atoms with Gasteiger partial charge in [-0.15, -0.1) is 0 Å². The van der Waals surface area contributed by atoms with Gasteiger partial charge in [0.1, 0.15) is 6.10 Å². The van der Waals surface area contributed by atoms with Crippen molar-refractivity contribution in [1.82, 2.24) is 0 Å². The van der Waals surface area contributed by atoms with E-state index in [0.29, 0.717) is 11.4 Å². The third-order valence-corrected chi connectivity index (χ3v) is 3.69. The molecule has 0 bridgehead atoms. The first-order chi connectivity index (χ1) is 9.24. The first-order valence-electron chi connectivity index (χ1n) is 6.24. The molecule has 3 rings (SSSR count). The second kappa shape index (κ2) is 5.06. The summed E-state index contributed by atoms with van der Waals surface area (Å²) in [5.74, 6) is -0.0660. The Hall–Kier alpha value is -1.80. The van der Waals surface area contributed by atoms with E-state index in [9.17, 15) is 4.79 Å². The van der Waals surface area contributed by atoms with Gasteiger partial charge in [-0.25, -0.2) is 0 Å². The highest BCUT2D eigenvalue weighted by Gasteiger charge is 2.36. The Morgan fingerprint density at radius 1 is 0.947 bits per heavy atom. The number of hydrogen-bond donors (Lipinski definition) is 0. The Labute approximate surface area is 117 Å². The molecule has 2 aromatic rings. The van der Waals surface area contributed by atoms with Crippen LogP contribution in [0.25, 0.3) is 0 Å². The van der Waals surface area contributed by atoms with Crippen LogP contribution in [0.15, 0.2) is 54.6 Å². The van der Waals surface area contributed by atoms with Crippen molar-refractivity contribution in [3.63, 3.8) is 0 Å². The van der Waals surface area contributed by atoms with Gasteiger partial charge in [-0.1, -0.05) is 54.1 Å². The molecule has 2 aromatic carbocycles. The SMILES string of the molecule is O=C1C[C@H](c2ccccc2)C(c2ccc(Cl)cc2)O1. The van der Waals surface area contributed by atoms with Crippen LogP contribution < -0.4 is 0 Å². The number of carbonyl (C=O) groups excluding carboxylic acids is 1. The smallest absolute Gasteiger partial charge is 0.307 e. The first kappa shape index (κ1) is 12.2. The molecule has 0 spiro atoms. The van der Waals surface area contributed by atoms with Crippen molar-refractivity contribution in [2.24, 2.45) is 0 Å². The van der Waals surface area contributed by atoms with E-state index >= 15 is 0 Å². The van der Waals surface area contributed by atoms with Crippen molar-refractivity contribution in [2.75, 3.05) is 0 Å². The topological polar surface area (TPSA) is 26.3 Å². The highest BCUT2D eigenvalue weighted by atomic mass is 35.5. The van der Waals surface area contributed by atoms with Gasteiger partial charge in [0.25, 0.3) is 0 Å². The summed E-state index contributed by atoms with van der Waals surface area (Å²) in [5, 5.41) is 0.685. The Kier molecular flexibility index (Phi) is 3.26. The summed E-state index contributed by atoms with van der Waals surface area (Å²) in [5.41, 5.74) is 2.12. The number of cyclic esters (lactones) is 1. The fourth-order valence-corrected chi connectivity index (χ4v) is 2.63. The van der Waals surface area contributed by atoms with Crippen LogP contribution >= 0.6 is 11.6 Å². The van der Waals surface area contributed by atoms with Crippen molar-refractivity contribution in [3.8, 4) is 0 Å². The Balaban J connectivity index is 1.95. The van der Waals surface area contributed by atoms with Crippen LogP contribution in [0.5, 0.6) is 0 Å². The molecule has 96 valence electrons. The minimum Gasteiger partial charge on any atom is -0.457 e. The fourth-order valence-electron chi connectivity index (χ4n) is 2.50. The lowest BCUT2D eigenvalue weighted by atomic mass is 9.89. The van der Waals surface area contributed by atoms with Gasteiger partial charge in [0.2, 0.25) is 0 Å². The van der Waals surface area contributed by atoms with Gasteiger partial charge in [-0.3, -0.25) is 4.79 Å². The maximum absolute atomic E-state index is 11.6. The lowest BCUT2D eigenvalue weighted by molar-refractivity contribution is -0.141. The highest BCUT2D eigenvalue weighted by Crippen LogP contribution is 2.42. The normalized spacial score (nSPS) is 22.3. The van der Waals surface area contributed by atoms with Crippen LogP contribution in [0.4, 0.5) is 0 Å². The summed E-state index contributed by atoms with van der Waals surface area (Å²) in [4.78, 5) is 11.6. The number of ether oxygens (including phenoxy) is 1. The van der Waals surface area contributed by atoms with Crippen LogP contribution in [-0.2, 0) is 9.53 Å². The summed E-state index contributed by atoms with van der Waals surface area (Å²) in [7, 11) is 0. The zero-order valence-electron chi connectivity index (χ0n) is 10.3. The molecule has 0 radical (unpaired) electrons. The van der Waals surface area contributed by atoms with Crippen LogP contribution in [-0.4, -0.2) is 5.97 Å². The minimum absolute atomic E-state index is 0.0786. The third-order valence-electron chi connectivity index (χ3n) is 3.44. The van der Waals surface area contributed by atoms with Gasteiger partial charge in [-0.2, -0.15) is 0 Å². The molecule has 0 N–H and O–H groups in total. The predicted octanol–water partition coefficient (Wildman–Crippen LogP) is 4.11. The van der Waals surface area contributed by atoms with E-state index in [1.165, 1.54) is 0 Å². The lowest BCUT2D eigenvalue weighted by Gasteiger charge is -2.18. The molecule has 1 aliphatic heterocycles. The molecule has 1 aliphatic rings. The molecule has 1 saturated heterocycles. The fraction of sp³-hybridized carbons (Fsp3) is 0.188. The molecule has 0 aliphatic carbocycles. The van der Waals surface area contributed by atoms with Gasteiger partial charge < -0.3 is 4.74 Å². The molecule has 3 heteroatoms. The summed E-state index contributed by atoms with van der Waals surface area (Å²) in [6.45, 7) is 0. The zero-order valence-corrected chi connectivity index (χ0v) is 11.0. The Bertz CT molecular complexity index is 577. The molecule has 19 heavy (non-hydrogen) atoms. The highest BCUT2D eigenvalue weighted by molar-refractivity contribution is 6.30. The van der Waals surface area contributed by atoms with Crippen molar-refractivity contribution >= 4 is 17.6 Å². The molecular formula is C16H13ClO2. The van der Waals surface area contributed by atoms with Gasteiger partial charge >= 0.3 is 5.97 Å². The second-order valence-electron chi connectivity index (χ2n) is 4.68. The number of halogens is 1. The molecule has 1 heterocycles. The van der Waals surface area contributed by atoms with E-state index in [1.807, 2.05) is 54.6 Å². The number of benzene rings is 2. The van der Waals surface area contributed by atoms with E-state index in [0.717, 1.165) is 11.1 Å². The maximum atomic E-state index is 11.6. The van der Waals surface area contributed by atoms with E-state index in [4.69, 9.17) is 16.3 Å². The first-order valence-corrected chi connectivity index (χ1v) is 6.62. The molecule has 0 saturated carbocycles. The van der Waals surface area contributed by atoms with Crippen molar-refractivity contribution in [2.45, 2.75) is 18.4 Å². The standard InChI is InChI=1S/C16H13ClO2/c17-13-8-6-12(7-9-13)16-14(10-15(18)19-16)11-4-2-1-3-5-11/h1-9,14,16H,10H2/t14-,16?/m1/s1. The minimum atomic E-state index is -0.216. The molecule has 1 unspecified atom stereocenters. The van der Waals surface area contributed by atoms with Gasteiger partial charge in [0.15, 0.2) is 0 Å². The largest absolute Gasteiger partial charge is 0.457 e. The third kappa shape index (κ3) is 2.49.